The van der Waals surface area contributed by atoms with Gasteiger partial charge < -0.3 is 15.4 Å². The number of hydrogen-bond donors (Lipinski definition) is 3. The van der Waals surface area contributed by atoms with E-state index < -0.39 is 5.97 Å². The number of aryl methyl sites for hydroxylation is 2. The first-order chi connectivity index (χ1) is 9.36. The summed E-state index contributed by atoms with van der Waals surface area (Å²) in [5.41, 5.74) is 2.31. The molecule has 0 unspecified atom stereocenters. The lowest BCUT2D eigenvalue weighted by Crippen LogP contribution is -2.14. The molecule has 0 fully saturated rings. The highest BCUT2D eigenvalue weighted by Crippen LogP contribution is 2.20. The Morgan fingerprint density at radius 3 is 2.50 bits per heavy atom. The predicted molar refractivity (Wildman–Crippen MR) is 79.3 cm³/mol. The Kier molecular flexibility index (Phi) is 3.94. The summed E-state index contributed by atoms with van der Waals surface area (Å²) in [4.78, 5) is 25.9. The number of carbonyl (C=O) groups excluding carboxylic acids is 1. The lowest BCUT2D eigenvalue weighted by Gasteiger charge is -2.06. The van der Waals surface area contributed by atoms with Crippen LogP contribution < -0.4 is 5.32 Å². The minimum absolute atomic E-state index is 0.0254. The third-order valence-electron chi connectivity index (χ3n) is 2.72. The van der Waals surface area contributed by atoms with Gasteiger partial charge in [-0.05, 0) is 43.7 Å². The average molecular weight is 337 g/mol. The molecule has 2 aromatic rings. The number of amides is 1. The number of anilines is 1. The maximum atomic E-state index is 12.2. The first kappa shape index (κ1) is 14.3. The van der Waals surface area contributed by atoms with Crippen LogP contribution in [0.4, 0.5) is 5.69 Å². The van der Waals surface area contributed by atoms with Crippen molar-refractivity contribution in [3.8, 4) is 0 Å². The maximum Gasteiger partial charge on any atom is 0.354 e. The molecule has 6 heteroatoms. The fraction of sp³-hybridized carbons (Fsp3) is 0.143. The van der Waals surface area contributed by atoms with Gasteiger partial charge in [-0.25, -0.2) is 4.79 Å². The SMILES string of the molecule is Cc1cc(Br)cc(C(=O)Nc2cc(C)[nH]c2C(=O)O)c1. The molecule has 3 N–H and O–H groups in total. The van der Waals surface area contributed by atoms with Crippen molar-refractivity contribution in [3.05, 3.63) is 51.3 Å². The van der Waals surface area contributed by atoms with Crippen molar-refractivity contribution in [1.29, 1.82) is 0 Å². The lowest BCUT2D eigenvalue weighted by molar-refractivity contribution is 0.0692. The van der Waals surface area contributed by atoms with Crippen LogP contribution in [-0.4, -0.2) is 22.0 Å². The first-order valence-electron chi connectivity index (χ1n) is 5.88. The summed E-state index contributed by atoms with van der Waals surface area (Å²) in [5, 5.41) is 11.7. The number of carbonyl (C=O) groups is 2. The lowest BCUT2D eigenvalue weighted by atomic mass is 10.1. The minimum Gasteiger partial charge on any atom is -0.477 e. The Morgan fingerprint density at radius 1 is 1.20 bits per heavy atom. The van der Waals surface area contributed by atoms with Crippen molar-refractivity contribution in [1.82, 2.24) is 4.98 Å². The van der Waals surface area contributed by atoms with Crippen LogP contribution in [0, 0.1) is 13.8 Å². The number of aromatic amines is 1. The van der Waals surface area contributed by atoms with E-state index in [0.29, 0.717) is 11.3 Å². The van der Waals surface area contributed by atoms with E-state index in [1.54, 1.807) is 25.1 Å². The Balaban J connectivity index is 2.30. The quantitative estimate of drug-likeness (QED) is 0.803. The van der Waals surface area contributed by atoms with Gasteiger partial charge in [-0.1, -0.05) is 15.9 Å². The molecule has 2 rings (SSSR count). The van der Waals surface area contributed by atoms with Crippen LogP contribution in [0.15, 0.2) is 28.7 Å². The third-order valence-corrected chi connectivity index (χ3v) is 3.18. The second-order valence-electron chi connectivity index (χ2n) is 4.52. The summed E-state index contributed by atoms with van der Waals surface area (Å²) in [6.07, 6.45) is 0. The Labute approximate surface area is 124 Å². The van der Waals surface area contributed by atoms with E-state index in [9.17, 15) is 9.59 Å². The molecule has 0 saturated heterocycles. The standard InChI is InChI=1S/C14H13BrN2O3/c1-7-3-9(6-10(15)4-7)13(18)17-11-5-8(2)16-12(11)14(19)20/h3-6,16H,1-2H3,(H,17,18)(H,19,20). The van der Waals surface area contributed by atoms with Gasteiger partial charge >= 0.3 is 5.97 Å². The van der Waals surface area contributed by atoms with Crippen LogP contribution in [-0.2, 0) is 0 Å². The van der Waals surface area contributed by atoms with Crippen LogP contribution in [0.3, 0.4) is 0 Å². The van der Waals surface area contributed by atoms with Gasteiger partial charge in [-0.2, -0.15) is 0 Å². The number of carboxylic acids is 1. The summed E-state index contributed by atoms with van der Waals surface area (Å²) in [5.74, 6) is -1.46. The number of aromatic carboxylic acids is 1. The van der Waals surface area contributed by atoms with Crippen molar-refractivity contribution in [2.24, 2.45) is 0 Å². The monoisotopic (exact) mass is 336 g/mol. The van der Waals surface area contributed by atoms with Crippen LogP contribution in [0.1, 0.15) is 32.1 Å². The number of hydrogen-bond acceptors (Lipinski definition) is 2. The molecule has 1 aromatic carbocycles. The average Bonchev–Trinajstić information content (AvgIpc) is 2.69. The molecule has 1 aromatic heterocycles. The van der Waals surface area contributed by atoms with Crippen LogP contribution >= 0.6 is 15.9 Å². The van der Waals surface area contributed by atoms with E-state index >= 15 is 0 Å². The second kappa shape index (κ2) is 5.50. The molecule has 0 bridgehead atoms. The smallest absolute Gasteiger partial charge is 0.354 e. The van der Waals surface area contributed by atoms with E-state index in [4.69, 9.17) is 5.11 Å². The Morgan fingerprint density at radius 2 is 1.90 bits per heavy atom. The molecule has 0 spiro atoms. The highest BCUT2D eigenvalue weighted by Gasteiger charge is 2.16. The van der Waals surface area contributed by atoms with Crippen LogP contribution in [0.25, 0.3) is 0 Å². The first-order valence-corrected chi connectivity index (χ1v) is 6.67. The molecule has 5 nitrogen and oxygen atoms in total. The molecule has 104 valence electrons. The minimum atomic E-state index is -1.11. The predicted octanol–water partition coefficient (Wildman–Crippen LogP) is 3.34. The van der Waals surface area contributed by atoms with Crippen LogP contribution in [0.2, 0.25) is 0 Å². The summed E-state index contributed by atoms with van der Waals surface area (Å²) >= 11 is 3.33. The number of H-pyrrole nitrogens is 1. The van der Waals surface area contributed by atoms with Crippen molar-refractivity contribution in [2.45, 2.75) is 13.8 Å². The number of rotatable bonds is 3. The molecule has 1 heterocycles. The van der Waals surface area contributed by atoms with Crippen molar-refractivity contribution >= 4 is 33.5 Å². The third kappa shape index (κ3) is 3.08. The Bertz CT molecular complexity index is 671. The molecule has 1 amide bonds. The molecule has 0 aliphatic rings. The number of nitrogens with one attached hydrogen (secondary N) is 2. The molecule has 0 aliphatic carbocycles. The summed E-state index contributed by atoms with van der Waals surface area (Å²) < 4.78 is 0.798. The Hall–Kier alpha value is -2.08. The van der Waals surface area contributed by atoms with E-state index in [0.717, 1.165) is 10.0 Å². The van der Waals surface area contributed by atoms with Gasteiger partial charge in [0, 0.05) is 15.7 Å². The van der Waals surface area contributed by atoms with Gasteiger partial charge in [-0.3, -0.25) is 4.79 Å². The molecule has 0 radical (unpaired) electrons. The van der Waals surface area contributed by atoms with E-state index in [1.165, 1.54) is 0 Å². The van der Waals surface area contributed by atoms with Gasteiger partial charge in [0.25, 0.3) is 5.91 Å². The molecule has 0 saturated carbocycles. The summed E-state index contributed by atoms with van der Waals surface area (Å²) in [6.45, 7) is 3.61. The van der Waals surface area contributed by atoms with E-state index in [-0.39, 0.29) is 17.3 Å². The van der Waals surface area contributed by atoms with E-state index in [1.807, 2.05) is 13.0 Å². The van der Waals surface area contributed by atoms with Crippen molar-refractivity contribution in [2.75, 3.05) is 5.32 Å². The normalized spacial score (nSPS) is 10.3. The van der Waals surface area contributed by atoms with Gasteiger partial charge in [0.1, 0.15) is 5.69 Å². The number of carboxylic acid groups (broad SMARTS) is 1. The van der Waals surface area contributed by atoms with Gasteiger partial charge in [0.15, 0.2) is 0 Å². The summed E-state index contributed by atoms with van der Waals surface area (Å²) in [6, 6.07) is 6.90. The number of aromatic nitrogens is 1. The van der Waals surface area contributed by atoms with Crippen molar-refractivity contribution in [3.63, 3.8) is 0 Å². The fourth-order valence-electron chi connectivity index (χ4n) is 1.92. The van der Waals surface area contributed by atoms with Gasteiger partial charge in [0.05, 0.1) is 5.69 Å². The molecular weight excluding hydrogens is 324 g/mol. The fourth-order valence-corrected chi connectivity index (χ4v) is 2.53. The van der Waals surface area contributed by atoms with Gasteiger partial charge in [-0.15, -0.1) is 0 Å². The largest absolute Gasteiger partial charge is 0.477 e. The molecule has 20 heavy (non-hydrogen) atoms. The van der Waals surface area contributed by atoms with E-state index in [2.05, 4.69) is 26.2 Å². The maximum absolute atomic E-state index is 12.2. The summed E-state index contributed by atoms with van der Waals surface area (Å²) in [7, 11) is 0. The second-order valence-corrected chi connectivity index (χ2v) is 5.43. The number of halogens is 1. The molecule has 0 atom stereocenters. The zero-order valence-corrected chi connectivity index (χ0v) is 12.5. The molecular formula is C14H13BrN2O3. The zero-order valence-electron chi connectivity index (χ0n) is 11.0. The van der Waals surface area contributed by atoms with Crippen molar-refractivity contribution < 1.29 is 14.7 Å². The topological polar surface area (TPSA) is 82.2 Å². The highest BCUT2D eigenvalue weighted by molar-refractivity contribution is 9.10. The van der Waals surface area contributed by atoms with Gasteiger partial charge in [0.2, 0.25) is 0 Å². The highest BCUT2D eigenvalue weighted by atomic mass is 79.9. The number of benzene rings is 1. The molecule has 0 aliphatic heterocycles. The zero-order chi connectivity index (χ0) is 14.9. The van der Waals surface area contributed by atoms with Crippen LogP contribution in [0.5, 0.6) is 0 Å².